The molecule has 0 fully saturated rings. The standard InChI is InChI=1S/C23H18N2O2/c24-14-20-22(19-11-4-5-12-21(19)27-23(20)25)17-9-6-10-18(13-17)26-15-16-7-2-1-3-8-16/h1-13,22H,15,25H2/t22-/m1/s1. The molecule has 0 aromatic heterocycles. The first-order valence-corrected chi connectivity index (χ1v) is 8.69. The van der Waals surface area contributed by atoms with Gasteiger partial charge in [0.1, 0.15) is 29.7 Å². The van der Waals surface area contributed by atoms with Crippen molar-refractivity contribution in [1.29, 1.82) is 5.26 Å². The Morgan fingerprint density at radius 3 is 2.56 bits per heavy atom. The van der Waals surface area contributed by atoms with Crippen LogP contribution in [-0.4, -0.2) is 0 Å². The van der Waals surface area contributed by atoms with Crippen LogP contribution < -0.4 is 15.2 Å². The van der Waals surface area contributed by atoms with Crippen LogP contribution in [0.1, 0.15) is 22.6 Å². The third-order valence-corrected chi connectivity index (χ3v) is 4.56. The van der Waals surface area contributed by atoms with Crippen LogP contribution >= 0.6 is 0 Å². The van der Waals surface area contributed by atoms with Gasteiger partial charge in [0.2, 0.25) is 5.88 Å². The molecule has 2 N–H and O–H groups in total. The molecule has 0 bridgehead atoms. The van der Waals surface area contributed by atoms with Crippen molar-refractivity contribution in [3.63, 3.8) is 0 Å². The van der Waals surface area contributed by atoms with Crippen LogP contribution in [0.25, 0.3) is 0 Å². The first-order valence-electron chi connectivity index (χ1n) is 8.69. The number of nitrogens with zero attached hydrogens (tertiary/aromatic N) is 1. The van der Waals surface area contributed by atoms with Gasteiger partial charge in [-0.2, -0.15) is 5.26 Å². The second-order valence-electron chi connectivity index (χ2n) is 6.31. The average Bonchev–Trinajstić information content (AvgIpc) is 2.72. The second-order valence-corrected chi connectivity index (χ2v) is 6.31. The van der Waals surface area contributed by atoms with Crippen LogP contribution in [0.5, 0.6) is 11.5 Å². The van der Waals surface area contributed by atoms with Gasteiger partial charge in [-0.3, -0.25) is 0 Å². The third kappa shape index (κ3) is 3.36. The van der Waals surface area contributed by atoms with Crippen LogP contribution in [0.3, 0.4) is 0 Å². The summed E-state index contributed by atoms with van der Waals surface area (Å²) in [6, 6.07) is 27.6. The smallest absolute Gasteiger partial charge is 0.205 e. The molecule has 0 spiro atoms. The number of hydrogen-bond donors (Lipinski definition) is 1. The fourth-order valence-electron chi connectivity index (χ4n) is 3.27. The van der Waals surface area contributed by atoms with E-state index in [-0.39, 0.29) is 11.8 Å². The van der Waals surface area contributed by atoms with Crippen molar-refractivity contribution >= 4 is 0 Å². The van der Waals surface area contributed by atoms with Gasteiger partial charge in [0, 0.05) is 5.56 Å². The number of fused-ring (bicyclic) bond motifs is 1. The molecule has 132 valence electrons. The van der Waals surface area contributed by atoms with Crippen molar-refractivity contribution in [2.45, 2.75) is 12.5 Å². The zero-order chi connectivity index (χ0) is 18.6. The van der Waals surface area contributed by atoms with E-state index >= 15 is 0 Å². The highest BCUT2D eigenvalue weighted by atomic mass is 16.5. The van der Waals surface area contributed by atoms with Gasteiger partial charge in [0.15, 0.2) is 0 Å². The monoisotopic (exact) mass is 354 g/mol. The summed E-state index contributed by atoms with van der Waals surface area (Å²) in [7, 11) is 0. The van der Waals surface area contributed by atoms with Gasteiger partial charge in [-0.25, -0.2) is 0 Å². The average molecular weight is 354 g/mol. The molecule has 3 aromatic carbocycles. The van der Waals surface area contributed by atoms with Crippen LogP contribution in [0.2, 0.25) is 0 Å². The molecule has 4 rings (SSSR count). The van der Waals surface area contributed by atoms with E-state index in [1.54, 1.807) is 0 Å². The topological polar surface area (TPSA) is 68.3 Å². The zero-order valence-corrected chi connectivity index (χ0v) is 14.6. The molecule has 3 aromatic rings. The van der Waals surface area contributed by atoms with E-state index < -0.39 is 0 Å². The van der Waals surface area contributed by atoms with E-state index in [1.807, 2.05) is 78.9 Å². The number of nitriles is 1. The number of ether oxygens (including phenoxy) is 2. The molecule has 0 saturated heterocycles. The fraction of sp³-hybridized carbons (Fsp3) is 0.0870. The largest absolute Gasteiger partial charge is 0.489 e. The number of allylic oxidation sites excluding steroid dienone is 1. The van der Waals surface area contributed by atoms with Crippen LogP contribution in [0.15, 0.2) is 90.3 Å². The number of nitrogens with two attached hydrogens (primary N) is 1. The predicted molar refractivity (Wildman–Crippen MR) is 103 cm³/mol. The normalized spacial score (nSPS) is 15.4. The lowest BCUT2D eigenvalue weighted by atomic mass is 9.83. The van der Waals surface area contributed by atoms with E-state index in [4.69, 9.17) is 15.2 Å². The molecule has 0 unspecified atom stereocenters. The fourth-order valence-corrected chi connectivity index (χ4v) is 3.27. The summed E-state index contributed by atoms with van der Waals surface area (Å²) in [5.74, 6) is 1.29. The highest BCUT2D eigenvalue weighted by Gasteiger charge is 2.30. The third-order valence-electron chi connectivity index (χ3n) is 4.56. The summed E-state index contributed by atoms with van der Waals surface area (Å²) in [5, 5.41) is 9.64. The summed E-state index contributed by atoms with van der Waals surface area (Å²) in [4.78, 5) is 0. The first-order chi connectivity index (χ1) is 13.3. The Bertz CT molecular complexity index is 1040. The summed E-state index contributed by atoms with van der Waals surface area (Å²) in [6.45, 7) is 0.484. The van der Waals surface area contributed by atoms with Crippen molar-refractivity contribution in [3.05, 3.63) is 107 Å². The molecule has 1 atom stereocenters. The Hall–Kier alpha value is -3.71. The Morgan fingerprint density at radius 2 is 1.74 bits per heavy atom. The Kier molecular flexibility index (Phi) is 4.51. The summed E-state index contributed by atoms with van der Waals surface area (Å²) in [6.07, 6.45) is 0. The van der Waals surface area contributed by atoms with Crippen molar-refractivity contribution in [3.8, 4) is 17.6 Å². The van der Waals surface area contributed by atoms with Gasteiger partial charge >= 0.3 is 0 Å². The van der Waals surface area contributed by atoms with Gasteiger partial charge < -0.3 is 15.2 Å². The summed E-state index contributed by atoms with van der Waals surface area (Å²) in [5.41, 5.74) is 9.38. The van der Waals surface area contributed by atoms with Crippen molar-refractivity contribution in [2.24, 2.45) is 5.73 Å². The van der Waals surface area contributed by atoms with Gasteiger partial charge in [0.25, 0.3) is 0 Å². The van der Waals surface area contributed by atoms with E-state index in [0.29, 0.717) is 17.9 Å². The second kappa shape index (κ2) is 7.27. The molecular formula is C23H18N2O2. The maximum atomic E-state index is 9.64. The minimum atomic E-state index is -0.278. The quantitative estimate of drug-likeness (QED) is 0.750. The zero-order valence-electron chi connectivity index (χ0n) is 14.6. The highest BCUT2D eigenvalue weighted by molar-refractivity contribution is 5.56. The highest BCUT2D eigenvalue weighted by Crippen LogP contribution is 2.42. The predicted octanol–water partition coefficient (Wildman–Crippen LogP) is 4.48. The van der Waals surface area contributed by atoms with Crippen LogP contribution in [0, 0.1) is 11.3 Å². The molecule has 0 amide bonds. The maximum Gasteiger partial charge on any atom is 0.205 e. The molecular weight excluding hydrogens is 336 g/mol. The van der Waals surface area contributed by atoms with Crippen molar-refractivity contribution in [2.75, 3.05) is 0 Å². The molecule has 0 aliphatic carbocycles. The molecule has 0 radical (unpaired) electrons. The van der Waals surface area contributed by atoms with Gasteiger partial charge in [-0.1, -0.05) is 60.7 Å². The van der Waals surface area contributed by atoms with Gasteiger partial charge in [-0.05, 0) is 29.3 Å². The minimum Gasteiger partial charge on any atom is -0.489 e. The molecule has 1 aliphatic heterocycles. The molecule has 1 aliphatic rings. The van der Waals surface area contributed by atoms with E-state index in [2.05, 4.69) is 6.07 Å². The van der Waals surface area contributed by atoms with E-state index in [0.717, 1.165) is 22.4 Å². The Labute approximate surface area is 158 Å². The molecule has 4 heteroatoms. The lowest BCUT2D eigenvalue weighted by molar-refractivity contribution is 0.306. The maximum absolute atomic E-state index is 9.64. The number of rotatable bonds is 4. The van der Waals surface area contributed by atoms with Gasteiger partial charge in [0.05, 0.1) is 5.92 Å². The van der Waals surface area contributed by atoms with E-state index in [1.165, 1.54) is 0 Å². The van der Waals surface area contributed by atoms with Crippen molar-refractivity contribution < 1.29 is 9.47 Å². The molecule has 4 nitrogen and oxygen atoms in total. The minimum absolute atomic E-state index is 0.150. The molecule has 1 heterocycles. The van der Waals surface area contributed by atoms with Crippen LogP contribution in [0.4, 0.5) is 0 Å². The summed E-state index contributed by atoms with van der Waals surface area (Å²) >= 11 is 0. The lowest BCUT2D eigenvalue weighted by Gasteiger charge is -2.26. The number of benzene rings is 3. The SMILES string of the molecule is N#CC1=C(N)Oc2ccccc2[C@H]1c1cccc(OCc2ccccc2)c1. The summed E-state index contributed by atoms with van der Waals surface area (Å²) < 4.78 is 11.6. The molecule has 0 saturated carbocycles. The molecule has 27 heavy (non-hydrogen) atoms. The van der Waals surface area contributed by atoms with Crippen LogP contribution in [-0.2, 0) is 6.61 Å². The lowest BCUT2D eigenvalue weighted by Crippen LogP contribution is -2.20. The van der Waals surface area contributed by atoms with E-state index in [9.17, 15) is 5.26 Å². The van der Waals surface area contributed by atoms with Crippen molar-refractivity contribution in [1.82, 2.24) is 0 Å². The Balaban J connectivity index is 1.67. The number of para-hydroxylation sites is 1. The number of hydrogen-bond acceptors (Lipinski definition) is 4. The first kappa shape index (κ1) is 16.7. The Morgan fingerprint density at radius 1 is 0.963 bits per heavy atom. The van der Waals surface area contributed by atoms with Gasteiger partial charge in [-0.15, -0.1) is 0 Å².